The molecule has 1 aliphatic carbocycles. The highest BCUT2D eigenvalue weighted by Gasteiger charge is 2.38. The van der Waals surface area contributed by atoms with Crippen LogP contribution in [0.15, 0.2) is 36.7 Å². The van der Waals surface area contributed by atoms with Gasteiger partial charge in [-0.1, -0.05) is 32.9 Å². The van der Waals surface area contributed by atoms with Crippen molar-refractivity contribution >= 4 is 28.6 Å². The molecule has 0 radical (unpaired) electrons. The van der Waals surface area contributed by atoms with Gasteiger partial charge in [0.1, 0.15) is 11.3 Å². The number of aliphatic carboxylic acids is 1. The third kappa shape index (κ3) is 7.50. The first-order valence-corrected chi connectivity index (χ1v) is 13.2. The molecule has 2 N–H and O–H groups in total. The van der Waals surface area contributed by atoms with E-state index in [4.69, 9.17) is 24.6 Å². The number of halogens is 3. The van der Waals surface area contributed by atoms with Gasteiger partial charge in [-0.25, -0.2) is 14.8 Å². The first kappa shape index (κ1) is 29.3. The van der Waals surface area contributed by atoms with Crippen molar-refractivity contribution < 1.29 is 27.8 Å². The highest BCUT2D eigenvalue weighted by Crippen LogP contribution is 2.32. The standard InChI is InChI=1S/C26H34N6O.C2HF3O2/c1-26(2,3)19-5-8-23(33-4)18(15-19)17-31-11-13-32(14-12-31)25-24(28-20-6-7-20)29-21-9-10-27-16-22(21)30-25;3-2(4,5)1(6)7/h5,8-10,15-16,20H,6-7,11-14,17H2,1-4H3,(H,28,29);(H,6,7). The number of fused-ring (bicyclic) bond motifs is 1. The zero-order valence-corrected chi connectivity index (χ0v) is 23.1. The predicted octanol–water partition coefficient (Wildman–Crippen LogP) is 4.86. The summed E-state index contributed by atoms with van der Waals surface area (Å²) in [6.45, 7) is 11.4. The zero-order chi connectivity index (χ0) is 29.1. The van der Waals surface area contributed by atoms with Crippen molar-refractivity contribution in [3.8, 4) is 5.75 Å². The number of nitrogens with one attached hydrogen (secondary N) is 1. The van der Waals surface area contributed by atoms with E-state index in [2.05, 4.69) is 59.1 Å². The minimum absolute atomic E-state index is 0.119. The molecule has 0 atom stereocenters. The number of carboxylic acids is 1. The fourth-order valence-corrected chi connectivity index (χ4v) is 4.36. The van der Waals surface area contributed by atoms with Crippen molar-refractivity contribution in [3.63, 3.8) is 0 Å². The highest BCUT2D eigenvalue weighted by atomic mass is 19.4. The van der Waals surface area contributed by atoms with Gasteiger partial charge in [-0.05, 0) is 36.0 Å². The molecule has 1 saturated heterocycles. The number of aromatic nitrogens is 3. The normalized spacial score (nSPS) is 16.3. The molecule has 2 aromatic heterocycles. The lowest BCUT2D eigenvalue weighted by Gasteiger charge is -2.36. The maximum Gasteiger partial charge on any atom is 0.490 e. The van der Waals surface area contributed by atoms with Crippen molar-refractivity contribution in [2.45, 2.75) is 57.8 Å². The number of alkyl halides is 3. The lowest BCUT2D eigenvalue weighted by atomic mass is 9.86. The summed E-state index contributed by atoms with van der Waals surface area (Å²) in [5, 5.41) is 10.7. The fourth-order valence-electron chi connectivity index (χ4n) is 4.36. The number of carbonyl (C=O) groups is 1. The molecule has 216 valence electrons. The van der Waals surface area contributed by atoms with E-state index < -0.39 is 12.1 Å². The number of pyridine rings is 1. The van der Waals surface area contributed by atoms with Gasteiger partial charge < -0.3 is 20.1 Å². The van der Waals surface area contributed by atoms with Crippen LogP contribution in [-0.2, 0) is 16.8 Å². The predicted molar refractivity (Wildman–Crippen MR) is 147 cm³/mol. The fraction of sp³-hybridized carbons (Fsp3) is 0.500. The van der Waals surface area contributed by atoms with Gasteiger partial charge in [0, 0.05) is 50.5 Å². The molecule has 1 aromatic carbocycles. The molecular formula is C28H35F3N6O3. The van der Waals surface area contributed by atoms with E-state index in [-0.39, 0.29) is 5.41 Å². The number of anilines is 2. The van der Waals surface area contributed by atoms with Crippen molar-refractivity contribution in [1.82, 2.24) is 19.9 Å². The monoisotopic (exact) mass is 560 g/mol. The first-order chi connectivity index (χ1) is 18.8. The van der Waals surface area contributed by atoms with Crippen LogP contribution < -0.4 is 15.0 Å². The Morgan fingerprint density at radius 1 is 1.07 bits per heavy atom. The summed E-state index contributed by atoms with van der Waals surface area (Å²) in [5.41, 5.74) is 4.45. The zero-order valence-electron chi connectivity index (χ0n) is 23.1. The second kappa shape index (κ2) is 11.8. The SMILES string of the molecule is COc1ccc(C(C)(C)C)cc1CN1CCN(c2nc3cnccc3nc2NC2CC2)CC1.O=C(O)C(F)(F)F. The van der Waals surface area contributed by atoms with E-state index in [9.17, 15) is 13.2 Å². The quantitative estimate of drug-likeness (QED) is 0.437. The Morgan fingerprint density at radius 3 is 2.33 bits per heavy atom. The lowest BCUT2D eigenvalue weighted by molar-refractivity contribution is -0.192. The number of rotatable bonds is 6. The largest absolute Gasteiger partial charge is 0.496 e. The third-order valence-electron chi connectivity index (χ3n) is 6.82. The van der Waals surface area contributed by atoms with Gasteiger partial charge in [-0.3, -0.25) is 9.88 Å². The summed E-state index contributed by atoms with van der Waals surface area (Å²) in [4.78, 5) is 27.8. The number of nitrogens with zero attached hydrogens (tertiary/aromatic N) is 5. The van der Waals surface area contributed by atoms with Crippen LogP contribution in [0.4, 0.5) is 24.8 Å². The van der Waals surface area contributed by atoms with E-state index in [1.165, 1.54) is 24.0 Å². The summed E-state index contributed by atoms with van der Waals surface area (Å²) in [7, 11) is 1.76. The summed E-state index contributed by atoms with van der Waals surface area (Å²) in [6, 6.07) is 9.07. The highest BCUT2D eigenvalue weighted by molar-refractivity contribution is 5.80. The van der Waals surface area contributed by atoms with Gasteiger partial charge in [-0.2, -0.15) is 13.2 Å². The molecule has 0 amide bonds. The van der Waals surface area contributed by atoms with Gasteiger partial charge in [0.15, 0.2) is 11.6 Å². The van der Waals surface area contributed by atoms with Crippen LogP contribution in [-0.4, -0.2) is 76.4 Å². The Balaban J connectivity index is 0.000000470. The van der Waals surface area contributed by atoms with Crippen LogP contribution in [0.25, 0.3) is 11.0 Å². The smallest absolute Gasteiger partial charge is 0.490 e. The molecule has 0 unspecified atom stereocenters. The Hall–Kier alpha value is -3.67. The van der Waals surface area contributed by atoms with E-state index in [0.717, 1.165) is 61.1 Å². The summed E-state index contributed by atoms with van der Waals surface area (Å²) >= 11 is 0. The average molecular weight is 561 g/mol. The number of ether oxygens (including phenoxy) is 1. The Bertz CT molecular complexity index is 1330. The molecule has 1 aliphatic heterocycles. The number of carboxylic acid groups (broad SMARTS) is 1. The topological polar surface area (TPSA) is 104 Å². The van der Waals surface area contributed by atoms with Crippen LogP contribution in [0.1, 0.15) is 44.7 Å². The molecule has 2 aliphatic rings. The molecule has 0 bridgehead atoms. The molecule has 3 aromatic rings. The average Bonchev–Trinajstić information content (AvgIpc) is 3.72. The summed E-state index contributed by atoms with van der Waals surface area (Å²) < 4.78 is 37.4. The number of hydrogen-bond acceptors (Lipinski definition) is 8. The third-order valence-corrected chi connectivity index (χ3v) is 6.82. The van der Waals surface area contributed by atoms with Crippen LogP contribution in [0.3, 0.4) is 0 Å². The Morgan fingerprint density at radius 2 is 1.75 bits per heavy atom. The van der Waals surface area contributed by atoms with E-state index in [0.29, 0.717) is 6.04 Å². The second-order valence-corrected chi connectivity index (χ2v) is 11.0. The second-order valence-electron chi connectivity index (χ2n) is 11.0. The number of benzene rings is 1. The summed E-state index contributed by atoms with van der Waals surface area (Å²) in [5.74, 6) is 0.0697. The molecule has 12 heteroatoms. The maximum atomic E-state index is 10.6. The van der Waals surface area contributed by atoms with Crippen LogP contribution in [0, 0.1) is 0 Å². The minimum atomic E-state index is -5.08. The van der Waals surface area contributed by atoms with Gasteiger partial charge in [0.2, 0.25) is 0 Å². The molecule has 9 nitrogen and oxygen atoms in total. The van der Waals surface area contributed by atoms with Gasteiger partial charge in [0.25, 0.3) is 0 Å². The molecule has 3 heterocycles. The van der Waals surface area contributed by atoms with Crippen LogP contribution in [0.5, 0.6) is 5.75 Å². The lowest BCUT2D eigenvalue weighted by Crippen LogP contribution is -2.46. The van der Waals surface area contributed by atoms with Crippen LogP contribution in [0.2, 0.25) is 0 Å². The van der Waals surface area contributed by atoms with Crippen molar-refractivity contribution in [1.29, 1.82) is 0 Å². The van der Waals surface area contributed by atoms with Gasteiger partial charge >= 0.3 is 12.1 Å². The molecule has 0 spiro atoms. The van der Waals surface area contributed by atoms with E-state index >= 15 is 0 Å². The van der Waals surface area contributed by atoms with Gasteiger partial charge in [0.05, 0.1) is 18.8 Å². The minimum Gasteiger partial charge on any atom is -0.496 e. The molecule has 40 heavy (non-hydrogen) atoms. The first-order valence-electron chi connectivity index (χ1n) is 13.2. The maximum absolute atomic E-state index is 10.6. The van der Waals surface area contributed by atoms with Crippen LogP contribution >= 0.6 is 0 Å². The number of piperazine rings is 1. The Kier molecular flexibility index (Phi) is 8.67. The van der Waals surface area contributed by atoms with Crippen molar-refractivity contribution in [3.05, 3.63) is 47.8 Å². The number of methoxy groups -OCH3 is 1. The summed E-state index contributed by atoms with van der Waals surface area (Å²) in [6.07, 6.45) is 0.911. The van der Waals surface area contributed by atoms with E-state index in [1.54, 1.807) is 19.5 Å². The van der Waals surface area contributed by atoms with E-state index in [1.807, 2.05) is 6.07 Å². The van der Waals surface area contributed by atoms with Gasteiger partial charge in [-0.15, -0.1) is 0 Å². The van der Waals surface area contributed by atoms with Crippen molar-refractivity contribution in [2.24, 2.45) is 0 Å². The molecule has 2 fully saturated rings. The molecule has 1 saturated carbocycles. The molecule has 5 rings (SSSR count). The van der Waals surface area contributed by atoms with Crippen molar-refractivity contribution in [2.75, 3.05) is 43.5 Å². The Labute approximate surface area is 231 Å². The number of hydrogen-bond donors (Lipinski definition) is 2. The molecular weight excluding hydrogens is 525 g/mol.